The van der Waals surface area contributed by atoms with Gasteiger partial charge in [0.05, 0.1) is 5.69 Å². The summed E-state index contributed by atoms with van der Waals surface area (Å²) in [5.74, 6) is -1.60. The van der Waals surface area contributed by atoms with Crippen LogP contribution in [0.5, 0.6) is 0 Å². The predicted octanol–water partition coefficient (Wildman–Crippen LogP) is 0.0308. The van der Waals surface area contributed by atoms with Crippen molar-refractivity contribution in [2.75, 3.05) is 6.54 Å². The Balaban J connectivity index is 2.58. The van der Waals surface area contributed by atoms with Crippen molar-refractivity contribution in [1.82, 2.24) is 15.1 Å². The van der Waals surface area contributed by atoms with Gasteiger partial charge in [0.2, 0.25) is 0 Å². The molecular formula is C12H19N3O4. The molecule has 0 aromatic carbocycles. The van der Waals surface area contributed by atoms with Crippen molar-refractivity contribution in [3.05, 3.63) is 17.5 Å². The Morgan fingerprint density at radius 2 is 2.16 bits per heavy atom. The van der Waals surface area contributed by atoms with Crippen molar-refractivity contribution in [3.8, 4) is 0 Å². The number of carboxylic acid groups (broad SMARTS) is 1. The monoisotopic (exact) mass is 269 g/mol. The van der Waals surface area contributed by atoms with E-state index in [4.69, 9.17) is 10.2 Å². The largest absolute Gasteiger partial charge is 0.479 e. The van der Waals surface area contributed by atoms with Crippen molar-refractivity contribution < 1.29 is 19.8 Å². The minimum Gasteiger partial charge on any atom is -0.479 e. The van der Waals surface area contributed by atoms with E-state index in [0.29, 0.717) is 12.2 Å². The minimum absolute atomic E-state index is 0.0258. The van der Waals surface area contributed by atoms with Gasteiger partial charge in [0.15, 0.2) is 6.10 Å². The first kappa shape index (κ1) is 15.2. The predicted molar refractivity (Wildman–Crippen MR) is 67.9 cm³/mol. The van der Waals surface area contributed by atoms with Gasteiger partial charge < -0.3 is 15.5 Å². The Bertz CT molecular complexity index is 456. The van der Waals surface area contributed by atoms with Crippen LogP contribution >= 0.6 is 0 Å². The first-order valence-corrected chi connectivity index (χ1v) is 6.25. The van der Waals surface area contributed by atoms with Gasteiger partial charge in [0.25, 0.3) is 5.91 Å². The molecule has 3 N–H and O–H groups in total. The molecule has 1 aromatic heterocycles. The SMILES string of the molecule is CCc1cc(C(=O)NCC[C@H](O)C(=O)O)n(CC)n1. The standard InChI is InChI=1S/C12H19N3O4/c1-3-8-7-9(15(4-2)14-8)11(17)13-6-5-10(16)12(18)19/h7,10,16H,3-6H2,1-2H3,(H,13,17)(H,18,19)/t10-/m0/s1. The molecular weight excluding hydrogens is 250 g/mol. The number of nitrogens with zero attached hydrogens (tertiary/aromatic N) is 2. The lowest BCUT2D eigenvalue weighted by Crippen LogP contribution is -2.31. The number of carboxylic acids is 1. The third kappa shape index (κ3) is 4.06. The zero-order valence-corrected chi connectivity index (χ0v) is 11.1. The zero-order chi connectivity index (χ0) is 14.4. The van der Waals surface area contributed by atoms with Crippen LogP contribution in [0.15, 0.2) is 6.07 Å². The molecule has 0 spiro atoms. The molecule has 1 atom stereocenters. The number of aryl methyl sites for hydroxylation is 2. The maximum Gasteiger partial charge on any atom is 0.332 e. The third-order valence-electron chi connectivity index (χ3n) is 2.71. The highest BCUT2D eigenvalue weighted by Gasteiger charge is 2.16. The number of carbonyl (C=O) groups is 2. The summed E-state index contributed by atoms with van der Waals surface area (Å²) in [5, 5.41) is 24.4. The Morgan fingerprint density at radius 1 is 1.47 bits per heavy atom. The van der Waals surface area contributed by atoms with Crippen LogP contribution in [0.3, 0.4) is 0 Å². The summed E-state index contributed by atoms with van der Waals surface area (Å²) in [6.45, 7) is 4.52. The Morgan fingerprint density at radius 3 is 2.68 bits per heavy atom. The molecule has 7 heteroatoms. The summed E-state index contributed by atoms with van der Waals surface area (Å²) < 4.78 is 1.60. The first-order valence-electron chi connectivity index (χ1n) is 6.25. The van der Waals surface area contributed by atoms with Gasteiger partial charge in [-0.15, -0.1) is 0 Å². The minimum atomic E-state index is -1.46. The summed E-state index contributed by atoms with van der Waals surface area (Å²) in [7, 11) is 0. The van der Waals surface area contributed by atoms with Gasteiger partial charge in [-0.3, -0.25) is 9.48 Å². The molecule has 1 rings (SSSR count). The van der Waals surface area contributed by atoms with E-state index in [2.05, 4.69) is 10.4 Å². The zero-order valence-electron chi connectivity index (χ0n) is 11.1. The second kappa shape index (κ2) is 6.89. The summed E-state index contributed by atoms with van der Waals surface area (Å²) in [5.41, 5.74) is 1.28. The van der Waals surface area contributed by atoms with Gasteiger partial charge in [0, 0.05) is 19.5 Å². The fraction of sp³-hybridized carbons (Fsp3) is 0.583. The molecule has 106 valence electrons. The molecule has 0 aliphatic heterocycles. The second-order valence-electron chi connectivity index (χ2n) is 4.09. The number of carbonyl (C=O) groups excluding carboxylic acids is 1. The lowest BCUT2D eigenvalue weighted by Gasteiger charge is -2.08. The molecule has 7 nitrogen and oxygen atoms in total. The topological polar surface area (TPSA) is 104 Å². The van der Waals surface area contributed by atoms with Crippen molar-refractivity contribution in [2.45, 2.75) is 39.3 Å². The summed E-state index contributed by atoms with van der Waals surface area (Å²) in [6.07, 6.45) is -0.741. The van der Waals surface area contributed by atoms with E-state index in [-0.39, 0.29) is 18.9 Å². The molecule has 1 heterocycles. The average molecular weight is 269 g/mol. The number of aliphatic hydroxyl groups excluding tert-OH is 1. The molecule has 19 heavy (non-hydrogen) atoms. The van der Waals surface area contributed by atoms with E-state index in [0.717, 1.165) is 12.1 Å². The van der Waals surface area contributed by atoms with Crippen molar-refractivity contribution in [2.24, 2.45) is 0 Å². The Labute approximate surface area is 111 Å². The van der Waals surface area contributed by atoms with Crippen LogP contribution in [-0.4, -0.2) is 44.5 Å². The summed E-state index contributed by atoms with van der Waals surface area (Å²) >= 11 is 0. The molecule has 0 bridgehead atoms. The highest BCUT2D eigenvalue weighted by atomic mass is 16.4. The highest BCUT2D eigenvalue weighted by molar-refractivity contribution is 5.92. The van der Waals surface area contributed by atoms with E-state index in [9.17, 15) is 9.59 Å². The first-order chi connectivity index (χ1) is 8.99. The van der Waals surface area contributed by atoms with Gasteiger partial charge in [-0.1, -0.05) is 6.92 Å². The molecule has 0 aliphatic carbocycles. The smallest absolute Gasteiger partial charge is 0.332 e. The van der Waals surface area contributed by atoms with Crippen molar-refractivity contribution in [1.29, 1.82) is 0 Å². The maximum atomic E-state index is 11.9. The number of hydrogen-bond donors (Lipinski definition) is 3. The van der Waals surface area contributed by atoms with Crippen molar-refractivity contribution in [3.63, 3.8) is 0 Å². The van der Waals surface area contributed by atoms with Crippen LogP contribution < -0.4 is 5.32 Å². The van der Waals surface area contributed by atoms with Crippen LogP contribution in [0.1, 0.15) is 36.5 Å². The van der Waals surface area contributed by atoms with Crippen LogP contribution in [0.2, 0.25) is 0 Å². The van der Waals surface area contributed by atoms with Gasteiger partial charge >= 0.3 is 5.97 Å². The Hall–Kier alpha value is -1.89. The van der Waals surface area contributed by atoms with E-state index >= 15 is 0 Å². The van der Waals surface area contributed by atoms with E-state index in [1.807, 2.05) is 13.8 Å². The quantitative estimate of drug-likeness (QED) is 0.648. The lowest BCUT2D eigenvalue weighted by molar-refractivity contribution is -0.146. The van der Waals surface area contributed by atoms with Gasteiger partial charge in [0.1, 0.15) is 5.69 Å². The number of aliphatic carboxylic acids is 1. The summed E-state index contributed by atoms with van der Waals surface area (Å²) in [4.78, 5) is 22.3. The number of nitrogens with one attached hydrogen (secondary N) is 1. The van der Waals surface area contributed by atoms with Crippen molar-refractivity contribution >= 4 is 11.9 Å². The number of amides is 1. The third-order valence-corrected chi connectivity index (χ3v) is 2.71. The van der Waals surface area contributed by atoms with E-state index < -0.39 is 12.1 Å². The average Bonchev–Trinajstić information content (AvgIpc) is 2.81. The van der Waals surface area contributed by atoms with Gasteiger partial charge in [-0.2, -0.15) is 5.10 Å². The number of aliphatic hydroxyl groups is 1. The fourth-order valence-electron chi connectivity index (χ4n) is 1.60. The number of hydrogen-bond acceptors (Lipinski definition) is 4. The number of aromatic nitrogens is 2. The second-order valence-corrected chi connectivity index (χ2v) is 4.09. The highest BCUT2D eigenvalue weighted by Crippen LogP contribution is 2.05. The molecule has 0 radical (unpaired) electrons. The molecule has 0 aliphatic rings. The molecule has 0 fully saturated rings. The molecule has 0 unspecified atom stereocenters. The molecule has 1 aromatic rings. The van der Waals surface area contributed by atoms with Gasteiger partial charge in [-0.25, -0.2) is 4.79 Å². The normalized spacial score (nSPS) is 12.2. The van der Waals surface area contributed by atoms with Crippen LogP contribution in [0, 0.1) is 0 Å². The lowest BCUT2D eigenvalue weighted by atomic mass is 10.2. The van der Waals surface area contributed by atoms with E-state index in [1.54, 1.807) is 10.7 Å². The van der Waals surface area contributed by atoms with E-state index in [1.165, 1.54) is 0 Å². The van der Waals surface area contributed by atoms with Crippen LogP contribution in [0.25, 0.3) is 0 Å². The molecule has 0 saturated heterocycles. The Kier molecular flexibility index (Phi) is 5.50. The van der Waals surface area contributed by atoms with Crippen LogP contribution in [-0.2, 0) is 17.8 Å². The van der Waals surface area contributed by atoms with Crippen LogP contribution in [0.4, 0.5) is 0 Å². The molecule has 0 saturated carbocycles. The summed E-state index contributed by atoms with van der Waals surface area (Å²) in [6, 6.07) is 1.71. The number of rotatable bonds is 7. The molecule has 1 amide bonds. The van der Waals surface area contributed by atoms with Gasteiger partial charge in [-0.05, 0) is 19.4 Å². The maximum absolute atomic E-state index is 11.9. The fourth-order valence-corrected chi connectivity index (χ4v) is 1.60.